The molecule has 92 valence electrons. The molecule has 0 aromatic carbocycles. The Bertz CT molecular complexity index is 160. The largest absolute Gasteiger partial charge is 0.564 e. The van der Waals surface area contributed by atoms with Gasteiger partial charge in [-0.2, -0.15) is 0 Å². The molecule has 0 aromatic rings. The second-order valence-corrected chi connectivity index (χ2v) is 17.2. The number of nitrogens with zero attached hydrogens (tertiary/aromatic N) is 1. The van der Waals surface area contributed by atoms with Crippen LogP contribution in [0.25, 0.3) is 0 Å². The third-order valence-electron chi connectivity index (χ3n) is 2.70. The summed E-state index contributed by atoms with van der Waals surface area (Å²) in [7, 11) is 19.4. The van der Waals surface area contributed by atoms with E-state index in [0.717, 1.165) is 0 Å². The van der Waals surface area contributed by atoms with E-state index in [-0.39, 0.29) is 0 Å². The van der Waals surface area contributed by atoms with Gasteiger partial charge >= 0.3 is 9.39 Å². The highest BCUT2D eigenvalue weighted by molar-refractivity contribution is 7.81. The molecule has 0 saturated carbocycles. The second-order valence-electron chi connectivity index (χ2n) is 4.35. The molecule has 6 heteroatoms. The van der Waals surface area contributed by atoms with E-state index in [0.29, 0.717) is 0 Å². The van der Waals surface area contributed by atoms with Crippen molar-refractivity contribution in [2.24, 2.45) is 0 Å². The minimum Gasteiger partial charge on any atom is -0.391 e. The monoisotopic (exact) mass is 309 g/mol. The standard InChI is InChI=1S/C9H20N.Al.4ClH/c1-3-4-7-10(2)8-5-6-9-10;;;;;/h3-9H2,1-2H3;;4*1H/q+1;+3;;;;/p-4. The minimum atomic E-state index is -2.94. The summed E-state index contributed by atoms with van der Waals surface area (Å²) in [6, 6.07) is 0. The molecule has 1 heterocycles. The molecule has 1 aliphatic rings. The lowest BCUT2D eigenvalue weighted by Gasteiger charge is -2.28. The van der Waals surface area contributed by atoms with E-state index >= 15 is 0 Å². The van der Waals surface area contributed by atoms with Gasteiger partial charge in [0.1, 0.15) is 0 Å². The van der Waals surface area contributed by atoms with Gasteiger partial charge in [0.2, 0.25) is 0 Å². The lowest BCUT2D eigenvalue weighted by Crippen LogP contribution is -2.41. The number of quaternary nitrogens is 1. The number of halogens is 4. The van der Waals surface area contributed by atoms with E-state index in [2.05, 4.69) is 14.0 Å². The van der Waals surface area contributed by atoms with Gasteiger partial charge in [-0.3, -0.25) is 0 Å². The Morgan fingerprint density at radius 3 is 1.80 bits per heavy atom. The average molecular weight is 311 g/mol. The Morgan fingerprint density at radius 2 is 1.47 bits per heavy atom. The molecule has 0 aliphatic carbocycles. The number of hydrogen-bond donors (Lipinski definition) is 0. The lowest BCUT2D eigenvalue weighted by atomic mass is 10.3. The Morgan fingerprint density at radius 1 is 1.07 bits per heavy atom. The molecule has 15 heavy (non-hydrogen) atoms. The first-order valence-corrected chi connectivity index (χ1v) is 12.5. The van der Waals surface area contributed by atoms with Crippen molar-refractivity contribution < 1.29 is 4.48 Å². The van der Waals surface area contributed by atoms with Crippen molar-refractivity contribution in [3.63, 3.8) is 0 Å². The first-order chi connectivity index (χ1) is 6.77. The van der Waals surface area contributed by atoms with Crippen LogP contribution in [0.1, 0.15) is 32.6 Å². The molecule has 0 atom stereocenters. The van der Waals surface area contributed by atoms with Crippen molar-refractivity contribution in [2.45, 2.75) is 32.6 Å². The van der Waals surface area contributed by atoms with Gasteiger partial charge in [0.15, 0.2) is 0 Å². The summed E-state index contributed by atoms with van der Waals surface area (Å²) >= 11 is 0. The molecular formula is C9H20AlCl4N. The van der Waals surface area contributed by atoms with E-state index < -0.39 is 9.39 Å². The lowest BCUT2D eigenvalue weighted by molar-refractivity contribution is -0.897. The van der Waals surface area contributed by atoms with Crippen molar-refractivity contribution >= 4 is 49.6 Å². The van der Waals surface area contributed by atoms with E-state index in [1.54, 1.807) is 0 Å². The van der Waals surface area contributed by atoms with Crippen molar-refractivity contribution in [1.82, 2.24) is 0 Å². The van der Waals surface area contributed by atoms with Crippen molar-refractivity contribution in [3.05, 3.63) is 0 Å². The first-order valence-electron chi connectivity index (χ1n) is 5.48. The number of likely N-dealkylation sites (tertiary alicyclic amines) is 1. The fraction of sp³-hybridized carbons (Fsp3) is 1.00. The molecule has 0 aromatic heterocycles. The predicted molar refractivity (Wildman–Crippen MR) is 74.1 cm³/mol. The summed E-state index contributed by atoms with van der Waals surface area (Å²) < 4.78 is 1.36. The van der Waals surface area contributed by atoms with Crippen LogP contribution in [-0.2, 0) is 0 Å². The zero-order valence-corrected chi connectivity index (χ0v) is 13.7. The quantitative estimate of drug-likeness (QED) is 0.535. The SMILES string of the molecule is CCCC[N+]1(C)CCCC1.[Cl][Al-]([Cl])([Cl])[Cl]. The summed E-state index contributed by atoms with van der Waals surface area (Å²) in [5.74, 6) is 0. The van der Waals surface area contributed by atoms with Gasteiger partial charge in [-0.1, -0.05) is 13.3 Å². The molecule has 0 amide bonds. The Balaban J connectivity index is 0.000000336. The Kier molecular flexibility index (Phi) is 8.75. The fourth-order valence-electron chi connectivity index (χ4n) is 1.86. The molecule has 0 radical (unpaired) electrons. The highest BCUT2D eigenvalue weighted by Gasteiger charge is 2.25. The van der Waals surface area contributed by atoms with Gasteiger partial charge in [-0.25, -0.2) is 0 Å². The van der Waals surface area contributed by atoms with E-state index in [1.165, 1.54) is 49.8 Å². The fourth-order valence-corrected chi connectivity index (χ4v) is 1.86. The second kappa shape index (κ2) is 7.88. The molecule has 0 spiro atoms. The maximum atomic E-state index is 4.99. The van der Waals surface area contributed by atoms with Gasteiger partial charge in [0.25, 0.3) is 0 Å². The zero-order valence-electron chi connectivity index (χ0n) is 9.49. The van der Waals surface area contributed by atoms with Crippen molar-refractivity contribution in [1.29, 1.82) is 0 Å². The highest BCUT2D eigenvalue weighted by Crippen LogP contribution is 2.23. The number of hydrogen-bond acceptors (Lipinski definition) is 0. The molecule has 1 rings (SSSR count). The van der Waals surface area contributed by atoms with Gasteiger partial charge in [0.05, 0.1) is 26.7 Å². The van der Waals surface area contributed by atoms with Crippen LogP contribution in [0.4, 0.5) is 0 Å². The van der Waals surface area contributed by atoms with Crippen molar-refractivity contribution in [3.8, 4) is 0 Å². The van der Waals surface area contributed by atoms with E-state index in [9.17, 15) is 0 Å². The molecule has 1 nitrogen and oxygen atoms in total. The molecule has 0 N–H and O–H groups in total. The van der Waals surface area contributed by atoms with Crippen LogP contribution in [0.15, 0.2) is 0 Å². The van der Waals surface area contributed by atoms with Gasteiger partial charge < -0.3 is 44.7 Å². The molecule has 1 saturated heterocycles. The van der Waals surface area contributed by atoms with Crippen LogP contribution in [0.2, 0.25) is 0 Å². The van der Waals surface area contributed by atoms with Crippen LogP contribution in [-0.4, -0.2) is 40.6 Å². The topological polar surface area (TPSA) is 0 Å². The summed E-state index contributed by atoms with van der Waals surface area (Å²) in [6.45, 7) is 6.55. The summed E-state index contributed by atoms with van der Waals surface area (Å²) in [4.78, 5) is 0. The third kappa shape index (κ3) is 11.9. The highest BCUT2D eigenvalue weighted by atomic mass is 35.9. The smallest absolute Gasteiger partial charge is 0.391 e. The number of unbranched alkanes of at least 4 members (excludes halogenated alkanes) is 1. The van der Waals surface area contributed by atoms with Crippen molar-refractivity contribution in [2.75, 3.05) is 26.7 Å². The van der Waals surface area contributed by atoms with Gasteiger partial charge in [-0.05, 0) is 6.42 Å². The first kappa shape index (κ1) is 16.7. The maximum Gasteiger partial charge on any atom is 0.564 e. The van der Waals surface area contributed by atoms with Crippen LogP contribution in [0.3, 0.4) is 0 Å². The van der Waals surface area contributed by atoms with E-state index in [4.69, 9.17) is 40.2 Å². The third-order valence-corrected chi connectivity index (χ3v) is 2.70. The van der Waals surface area contributed by atoms with Crippen LogP contribution in [0, 0.1) is 0 Å². The van der Waals surface area contributed by atoms with E-state index in [1.807, 2.05) is 0 Å². The van der Waals surface area contributed by atoms with Crippen LogP contribution >= 0.6 is 40.2 Å². The Hall–Kier alpha value is 1.65. The summed E-state index contributed by atoms with van der Waals surface area (Å²) in [6.07, 6.45) is 5.69. The zero-order chi connectivity index (χ0) is 11.9. The molecule has 1 aliphatic heterocycles. The van der Waals surface area contributed by atoms with Gasteiger partial charge in [0, 0.05) is 12.8 Å². The summed E-state index contributed by atoms with van der Waals surface area (Å²) in [5.41, 5.74) is 0. The summed E-state index contributed by atoms with van der Waals surface area (Å²) in [5, 5.41) is 0. The number of rotatable bonds is 3. The molecule has 0 bridgehead atoms. The average Bonchev–Trinajstić information content (AvgIpc) is 2.46. The maximum absolute atomic E-state index is 4.99. The van der Waals surface area contributed by atoms with Crippen LogP contribution < -0.4 is 0 Å². The normalized spacial score (nSPS) is 19.6. The molecule has 1 fully saturated rings. The molecule has 0 unspecified atom stereocenters. The molecular weight excluding hydrogens is 291 g/mol. The minimum absolute atomic E-state index is 1.36. The predicted octanol–water partition coefficient (Wildman–Crippen LogP) is 4.40. The van der Waals surface area contributed by atoms with Crippen LogP contribution in [0.5, 0.6) is 0 Å². The van der Waals surface area contributed by atoms with Gasteiger partial charge in [-0.15, -0.1) is 0 Å². The Labute approximate surface area is 113 Å².